The number of methoxy groups -OCH3 is 1. The second-order valence-corrected chi connectivity index (χ2v) is 6.38. The number of nitrogens with zero attached hydrogens (tertiary/aromatic N) is 2. The predicted molar refractivity (Wildman–Crippen MR) is 101 cm³/mol. The first-order valence-corrected chi connectivity index (χ1v) is 8.94. The Hall–Kier alpha value is -3.76. The highest BCUT2D eigenvalue weighted by molar-refractivity contribution is 5.72. The lowest BCUT2D eigenvalue weighted by atomic mass is 9.98. The van der Waals surface area contributed by atoms with Crippen LogP contribution < -0.4 is 15.2 Å². The van der Waals surface area contributed by atoms with E-state index in [1.54, 1.807) is 31.2 Å². The first kappa shape index (κ1) is 21.9. The Labute approximate surface area is 174 Å². The van der Waals surface area contributed by atoms with Crippen molar-refractivity contribution in [1.29, 1.82) is 0 Å². The van der Waals surface area contributed by atoms with Crippen LogP contribution in [0.3, 0.4) is 0 Å². The number of amides is 1. The van der Waals surface area contributed by atoms with E-state index >= 15 is 0 Å². The Morgan fingerprint density at radius 2 is 1.97 bits per heavy atom. The Morgan fingerprint density at radius 3 is 2.58 bits per heavy atom. The Kier molecular flexibility index (Phi) is 6.33. The molecule has 8 nitrogen and oxygen atoms in total. The molecule has 1 unspecified atom stereocenters. The molecule has 164 valence electrons. The smallest absolute Gasteiger partial charge is 0.496 e. The van der Waals surface area contributed by atoms with Crippen LogP contribution in [0.1, 0.15) is 23.4 Å². The molecular formula is C20H18F3N3O5. The molecule has 0 fully saturated rings. The maximum atomic E-state index is 12.5. The van der Waals surface area contributed by atoms with Crippen LogP contribution in [0.15, 0.2) is 46.9 Å². The third-order valence-electron chi connectivity index (χ3n) is 4.16. The highest BCUT2D eigenvalue weighted by atomic mass is 19.4. The molecule has 0 aliphatic carbocycles. The maximum absolute atomic E-state index is 12.5. The number of carbonyl (C=O) groups is 1. The topological polar surface area (TPSA) is 110 Å². The van der Waals surface area contributed by atoms with Crippen molar-refractivity contribution in [3.05, 3.63) is 59.8 Å². The van der Waals surface area contributed by atoms with Crippen molar-refractivity contribution in [1.82, 2.24) is 10.2 Å². The summed E-state index contributed by atoms with van der Waals surface area (Å²) < 4.78 is 57.2. The number of hydrogen-bond donors (Lipinski definition) is 1. The van der Waals surface area contributed by atoms with Gasteiger partial charge in [0.25, 0.3) is 0 Å². The summed E-state index contributed by atoms with van der Waals surface area (Å²) in [6.45, 7) is 1.62. The number of halogens is 3. The lowest BCUT2D eigenvalue weighted by molar-refractivity contribution is -0.274. The van der Waals surface area contributed by atoms with E-state index in [4.69, 9.17) is 19.6 Å². The van der Waals surface area contributed by atoms with Crippen LogP contribution in [0.25, 0.3) is 11.1 Å². The summed E-state index contributed by atoms with van der Waals surface area (Å²) in [5.41, 5.74) is 6.87. The first-order chi connectivity index (χ1) is 14.6. The van der Waals surface area contributed by atoms with E-state index in [1.165, 1.54) is 19.2 Å². The zero-order valence-electron chi connectivity index (χ0n) is 16.5. The number of rotatable bonds is 7. The summed E-state index contributed by atoms with van der Waals surface area (Å²) in [4.78, 5) is 11.4. The molecule has 0 saturated heterocycles. The molecule has 1 heterocycles. The SMILES string of the molecule is COc1cc(OC(F)(F)F)ccc1-c1cccc(C(Cc2nnc(C)o2)OC(N)=O)c1. The summed E-state index contributed by atoms with van der Waals surface area (Å²) in [5, 5.41) is 7.63. The molecule has 2 aromatic carbocycles. The van der Waals surface area contributed by atoms with Gasteiger partial charge >= 0.3 is 12.5 Å². The summed E-state index contributed by atoms with van der Waals surface area (Å²) >= 11 is 0. The molecule has 0 bridgehead atoms. The van der Waals surface area contributed by atoms with Crippen molar-refractivity contribution < 1.29 is 36.6 Å². The second-order valence-electron chi connectivity index (χ2n) is 6.38. The van der Waals surface area contributed by atoms with Crippen molar-refractivity contribution >= 4 is 6.09 Å². The van der Waals surface area contributed by atoms with Gasteiger partial charge in [-0.25, -0.2) is 4.79 Å². The van der Waals surface area contributed by atoms with Crippen LogP contribution in [-0.2, 0) is 11.2 Å². The third-order valence-corrected chi connectivity index (χ3v) is 4.16. The van der Waals surface area contributed by atoms with E-state index < -0.39 is 24.3 Å². The highest BCUT2D eigenvalue weighted by Gasteiger charge is 2.31. The van der Waals surface area contributed by atoms with Gasteiger partial charge < -0.3 is 24.4 Å². The van der Waals surface area contributed by atoms with E-state index in [1.807, 2.05) is 0 Å². The minimum Gasteiger partial charge on any atom is -0.496 e. The van der Waals surface area contributed by atoms with Crippen molar-refractivity contribution in [2.45, 2.75) is 25.8 Å². The fourth-order valence-electron chi connectivity index (χ4n) is 2.96. The van der Waals surface area contributed by atoms with Gasteiger partial charge in [-0.1, -0.05) is 18.2 Å². The molecule has 0 radical (unpaired) electrons. The second kappa shape index (κ2) is 8.94. The number of hydrogen-bond acceptors (Lipinski definition) is 7. The lowest BCUT2D eigenvalue weighted by Crippen LogP contribution is -2.19. The van der Waals surface area contributed by atoms with E-state index in [-0.39, 0.29) is 18.1 Å². The highest BCUT2D eigenvalue weighted by Crippen LogP contribution is 2.36. The van der Waals surface area contributed by atoms with E-state index in [0.29, 0.717) is 22.6 Å². The zero-order valence-corrected chi connectivity index (χ0v) is 16.5. The summed E-state index contributed by atoms with van der Waals surface area (Å²) in [7, 11) is 1.33. The normalized spacial score (nSPS) is 12.3. The third kappa shape index (κ3) is 5.87. The minimum absolute atomic E-state index is 0.0860. The average Bonchev–Trinajstić information content (AvgIpc) is 3.10. The van der Waals surface area contributed by atoms with E-state index in [9.17, 15) is 18.0 Å². The molecule has 0 aliphatic rings. The molecule has 3 rings (SSSR count). The summed E-state index contributed by atoms with van der Waals surface area (Å²) in [5.74, 6) is 0.359. The molecule has 11 heteroatoms. The van der Waals surface area contributed by atoms with Crippen molar-refractivity contribution in [2.75, 3.05) is 7.11 Å². The minimum atomic E-state index is -4.82. The number of aromatic nitrogens is 2. The van der Waals surface area contributed by atoms with Gasteiger partial charge in [-0.2, -0.15) is 0 Å². The number of aryl methyl sites for hydroxylation is 1. The van der Waals surface area contributed by atoms with E-state index in [0.717, 1.165) is 6.07 Å². The largest absolute Gasteiger partial charge is 0.573 e. The summed E-state index contributed by atoms with van der Waals surface area (Å²) in [6, 6.07) is 10.6. The Morgan fingerprint density at radius 1 is 1.19 bits per heavy atom. The van der Waals surface area contributed by atoms with Crippen molar-refractivity contribution in [3.8, 4) is 22.6 Å². The van der Waals surface area contributed by atoms with Gasteiger partial charge in [0.1, 0.15) is 17.6 Å². The van der Waals surface area contributed by atoms with Crippen LogP contribution in [0, 0.1) is 6.92 Å². The number of nitrogens with two attached hydrogens (primary N) is 1. The Balaban J connectivity index is 1.94. The van der Waals surface area contributed by atoms with Gasteiger partial charge in [-0.15, -0.1) is 23.4 Å². The van der Waals surface area contributed by atoms with Gasteiger partial charge in [-0.05, 0) is 29.3 Å². The molecule has 0 aliphatic heterocycles. The summed E-state index contributed by atoms with van der Waals surface area (Å²) in [6.07, 6.45) is -6.55. The lowest BCUT2D eigenvalue weighted by Gasteiger charge is -2.17. The van der Waals surface area contributed by atoms with Crippen molar-refractivity contribution in [2.24, 2.45) is 5.73 Å². The van der Waals surface area contributed by atoms with Gasteiger partial charge in [-0.3, -0.25) is 0 Å². The number of primary amides is 1. The molecular weight excluding hydrogens is 419 g/mol. The van der Waals surface area contributed by atoms with Crippen LogP contribution in [0.5, 0.6) is 11.5 Å². The first-order valence-electron chi connectivity index (χ1n) is 8.94. The van der Waals surface area contributed by atoms with Crippen LogP contribution in [0.4, 0.5) is 18.0 Å². The van der Waals surface area contributed by atoms with Crippen molar-refractivity contribution in [3.63, 3.8) is 0 Å². The monoisotopic (exact) mass is 437 g/mol. The van der Waals surface area contributed by atoms with Crippen LogP contribution in [-0.4, -0.2) is 29.8 Å². The fraction of sp³-hybridized carbons (Fsp3) is 0.250. The van der Waals surface area contributed by atoms with Gasteiger partial charge in [0.15, 0.2) is 0 Å². The Bertz CT molecular complexity index is 1070. The maximum Gasteiger partial charge on any atom is 0.573 e. The van der Waals surface area contributed by atoms with Gasteiger partial charge in [0, 0.05) is 18.6 Å². The van der Waals surface area contributed by atoms with Crippen LogP contribution in [0.2, 0.25) is 0 Å². The molecule has 3 aromatic rings. The van der Waals surface area contributed by atoms with Gasteiger partial charge in [0.05, 0.1) is 13.5 Å². The predicted octanol–water partition coefficient (Wildman–Crippen LogP) is 4.33. The molecule has 0 saturated carbocycles. The van der Waals surface area contributed by atoms with Gasteiger partial charge in [0.2, 0.25) is 11.8 Å². The van der Waals surface area contributed by atoms with Crippen LogP contribution >= 0.6 is 0 Å². The molecule has 1 aromatic heterocycles. The molecule has 2 N–H and O–H groups in total. The number of alkyl halides is 3. The number of carbonyl (C=O) groups excluding carboxylic acids is 1. The fourth-order valence-corrected chi connectivity index (χ4v) is 2.96. The standard InChI is InChI=1S/C20H18F3N3O5/c1-11-25-26-18(29-11)10-16(30-19(24)27)13-5-3-4-12(8-13)15-7-6-14(9-17(15)28-2)31-20(21,22)23/h3-9,16H,10H2,1-2H3,(H2,24,27). The van der Waals surface area contributed by atoms with E-state index in [2.05, 4.69) is 14.9 Å². The molecule has 1 atom stereocenters. The number of ether oxygens (including phenoxy) is 3. The molecule has 1 amide bonds. The molecule has 31 heavy (non-hydrogen) atoms. The zero-order chi connectivity index (χ0) is 22.6. The number of benzene rings is 2. The molecule has 0 spiro atoms. The quantitative estimate of drug-likeness (QED) is 0.586. The average molecular weight is 437 g/mol.